The Morgan fingerprint density at radius 3 is 1.53 bits per heavy atom. The van der Waals surface area contributed by atoms with E-state index in [-0.39, 0.29) is 31.6 Å². The normalized spacial score (nSPS) is 8.95. The van der Waals surface area contributed by atoms with Gasteiger partial charge in [0.2, 0.25) is 6.79 Å². The van der Waals surface area contributed by atoms with Crippen LogP contribution in [0.1, 0.15) is 11.1 Å². The van der Waals surface area contributed by atoms with E-state index >= 15 is 0 Å². The van der Waals surface area contributed by atoms with E-state index in [9.17, 15) is 0 Å². The van der Waals surface area contributed by atoms with E-state index in [1.807, 2.05) is 62.4 Å². The van der Waals surface area contributed by atoms with Gasteiger partial charge in [-0.3, -0.25) is 0 Å². The van der Waals surface area contributed by atoms with Crippen molar-refractivity contribution < 1.29 is 9.47 Å². The second-order valence-electron chi connectivity index (χ2n) is 4.04. The zero-order valence-electron chi connectivity index (χ0n) is 11.0. The summed E-state index contributed by atoms with van der Waals surface area (Å²) in [4.78, 5) is 0. The summed E-state index contributed by atoms with van der Waals surface area (Å²) in [6.07, 6.45) is 0. The van der Waals surface area contributed by atoms with Gasteiger partial charge in [0.1, 0.15) is 11.5 Å². The third kappa shape index (κ3) is 5.86. The van der Waals surface area contributed by atoms with Crippen LogP contribution in [0.3, 0.4) is 0 Å². The van der Waals surface area contributed by atoms with Crippen molar-refractivity contribution in [3.63, 3.8) is 0 Å². The molecular formula is C15H18Cl2O2. The van der Waals surface area contributed by atoms with Crippen LogP contribution in [0.2, 0.25) is 0 Å². The average molecular weight is 301 g/mol. The minimum atomic E-state index is 0. The average Bonchev–Trinajstić information content (AvgIpc) is 2.29. The molecule has 0 spiro atoms. The molecule has 0 aliphatic heterocycles. The maximum absolute atomic E-state index is 5.51. The summed E-state index contributed by atoms with van der Waals surface area (Å²) in [5, 5.41) is 0. The number of halogens is 2. The van der Waals surface area contributed by atoms with Crippen molar-refractivity contribution in [2.75, 3.05) is 6.79 Å². The van der Waals surface area contributed by atoms with Crippen molar-refractivity contribution in [3.8, 4) is 11.5 Å². The summed E-state index contributed by atoms with van der Waals surface area (Å²) in [6, 6.07) is 15.8. The van der Waals surface area contributed by atoms with Crippen molar-refractivity contribution in [2.24, 2.45) is 0 Å². The van der Waals surface area contributed by atoms with E-state index in [2.05, 4.69) is 0 Å². The van der Waals surface area contributed by atoms with Crippen molar-refractivity contribution in [2.45, 2.75) is 13.8 Å². The summed E-state index contributed by atoms with van der Waals surface area (Å²) in [5.74, 6) is 1.66. The summed E-state index contributed by atoms with van der Waals surface area (Å²) in [5.41, 5.74) is 2.36. The Kier molecular flexibility index (Phi) is 8.05. The molecule has 2 nitrogen and oxygen atoms in total. The molecule has 0 N–H and O–H groups in total. The van der Waals surface area contributed by atoms with E-state index in [4.69, 9.17) is 9.47 Å². The lowest BCUT2D eigenvalue weighted by molar-refractivity contribution is 0.120. The first-order valence-electron chi connectivity index (χ1n) is 5.63. The Bertz CT molecular complexity index is 456. The number of hydrogen-bond acceptors (Lipinski definition) is 2. The molecule has 0 bridgehead atoms. The van der Waals surface area contributed by atoms with Gasteiger partial charge in [-0.25, -0.2) is 0 Å². The highest BCUT2D eigenvalue weighted by Crippen LogP contribution is 2.15. The molecule has 2 aromatic carbocycles. The van der Waals surface area contributed by atoms with Crippen LogP contribution < -0.4 is 9.47 Å². The number of aryl methyl sites for hydroxylation is 2. The van der Waals surface area contributed by atoms with Gasteiger partial charge in [-0.2, -0.15) is 0 Å². The molecule has 0 saturated heterocycles. The minimum Gasteiger partial charge on any atom is -0.457 e. The first kappa shape index (κ1) is 17.6. The van der Waals surface area contributed by atoms with Crippen LogP contribution in [-0.4, -0.2) is 6.79 Å². The van der Waals surface area contributed by atoms with Gasteiger partial charge < -0.3 is 9.47 Å². The second-order valence-corrected chi connectivity index (χ2v) is 4.04. The maximum atomic E-state index is 5.51. The summed E-state index contributed by atoms with van der Waals surface area (Å²) < 4.78 is 11.0. The Morgan fingerprint density at radius 1 is 0.737 bits per heavy atom. The topological polar surface area (TPSA) is 18.5 Å². The molecule has 0 amide bonds. The van der Waals surface area contributed by atoms with Gasteiger partial charge in [-0.15, -0.1) is 24.8 Å². The Morgan fingerprint density at radius 2 is 1.16 bits per heavy atom. The molecule has 0 atom stereocenters. The van der Waals surface area contributed by atoms with Crippen LogP contribution in [0.15, 0.2) is 48.5 Å². The zero-order chi connectivity index (χ0) is 12.1. The van der Waals surface area contributed by atoms with Gasteiger partial charge in [0.15, 0.2) is 0 Å². The lowest BCUT2D eigenvalue weighted by Crippen LogP contribution is -2.05. The van der Waals surface area contributed by atoms with E-state index in [0.29, 0.717) is 0 Å². The highest BCUT2D eigenvalue weighted by Gasteiger charge is 1.96. The van der Waals surface area contributed by atoms with Crippen LogP contribution in [0.25, 0.3) is 0 Å². The quantitative estimate of drug-likeness (QED) is 0.771. The number of rotatable bonds is 4. The SMILES string of the molecule is Cc1cccc(OCOc2cccc(C)c2)c1.Cl.Cl. The Labute approximate surface area is 126 Å². The van der Waals surface area contributed by atoms with Crippen molar-refractivity contribution >= 4 is 24.8 Å². The summed E-state index contributed by atoms with van der Waals surface area (Å²) in [6.45, 7) is 4.30. The number of benzene rings is 2. The van der Waals surface area contributed by atoms with Gasteiger partial charge >= 0.3 is 0 Å². The molecule has 0 aliphatic rings. The van der Waals surface area contributed by atoms with Gasteiger partial charge in [0.05, 0.1) is 0 Å². The first-order chi connectivity index (χ1) is 8.24. The Balaban J connectivity index is 0.00000162. The molecule has 0 saturated carbocycles. The number of ether oxygens (including phenoxy) is 2. The standard InChI is InChI=1S/C15H16O2.2ClH/c1-12-5-3-7-14(9-12)16-11-17-15-8-4-6-13(2)10-15;;/h3-10H,11H2,1-2H3;2*1H. The van der Waals surface area contributed by atoms with Crippen LogP contribution in [0.5, 0.6) is 11.5 Å². The first-order valence-corrected chi connectivity index (χ1v) is 5.63. The monoisotopic (exact) mass is 300 g/mol. The lowest BCUT2D eigenvalue weighted by atomic mass is 10.2. The van der Waals surface area contributed by atoms with Gasteiger partial charge in [-0.1, -0.05) is 24.3 Å². The maximum Gasteiger partial charge on any atom is 0.230 e. The van der Waals surface area contributed by atoms with E-state index in [1.165, 1.54) is 11.1 Å². The fraction of sp³-hybridized carbons (Fsp3) is 0.200. The molecule has 2 aromatic rings. The minimum absolute atomic E-state index is 0. The molecular weight excluding hydrogens is 283 g/mol. The van der Waals surface area contributed by atoms with Gasteiger partial charge in [-0.05, 0) is 49.2 Å². The van der Waals surface area contributed by atoms with Crippen molar-refractivity contribution in [3.05, 3.63) is 59.7 Å². The van der Waals surface area contributed by atoms with Crippen LogP contribution in [0, 0.1) is 13.8 Å². The predicted molar refractivity (Wildman–Crippen MR) is 83.0 cm³/mol. The smallest absolute Gasteiger partial charge is 0.230 e. The molecule has 2 rings (SSSR count). The third-order valence-electron chi connectivity index (χ3n) is 2.43. The zero-order valence-corrected chi connectivity index (χ0v) is 12.6. The third-order valence-corrected chi connectivity index (χ3v) is 2.43. The van der Waals surface area contributed by atoms with E-state index in [1.54, 1.807) is 0 Å². The molecule has 0 heterocycles. The fourth-order valence-corrected chi connectivity index (χ4v) is 1.58. The van der Waals surface area contributed by atoms with Crippen molar-refractivity contribution in [1.82, 2.24) is 0 Å². The Hall–Kier alpha value is -1.38. The lowest BCUT2D eigenvalue weighted by Gasteiger charge is -2.09. The highest BCUT2D eigenvalue weighted by atomic mass is 35.5. The molecule has 4 heteroatoms. The second kappa shape index (κ2) is 8.68. The molecule has 0 radical (unpaired) electrons. The predicted octanol–water partition coefficient (Wildman–Crippen LogP) is 4.56. The molecule has 104 valence electrons. The molecule has 0 fully saturated rings. The summed E-state index contributed by atoms with van der Waals surface area (Å²) >= 11 is 0. The number of hydrogen-bond donors (Lipinski definition) is 0. The molecule has 19 heavy (non-hydrogen) atoms. The fourth-order valence-electron chi connectivity index (χ4n) is 1.58. The molecule has 0 aromatic heterocycles. The van der Waals surface area contributed by atoms with Gasteiger partial charge in [0.25, 0.3) is 0 Å². The van der Waals surface area contributed by atoms with Crippen LogP contribution in [0.4, 0.5) is 0 Å². The van der Waals surface area contributed by atoms with Gasteiger partial charge in [0, 0.05) is 0 Å². The van der Waals surface area contributed by atoms with E-state index in [0.717, 1.165) is 11.5 Å². The highest BCUT2D eigenvalue weighted by molar-refractivity contribution is 5.85. The van der Waals surface area contributed by atoms with Crippen LogP contribution >= 0.6 is 24.8 Å². The molecule has 0 aliphatic carbocycles. The van der Waals surface area contributed by atoms with Crippen molar-refractivity contribution in [1.29, 1.82) is 0 Å². The molecule has 0 unspecified atom stereocenters. The summed E-state index contributed by atoms with van der Waals surface area (Å²) in [7, 11) is 0. The van der Waals surface area contributed by atoms with E-state index < -0.39 is 0 Å². The largest absolute Gasteiger partial charge is 0.457 e. The van der Waals surface area contributed by atoms with Crippen LogP contribution in [-0.2, 0) is 0 Å².